The van der Waals surface area contributed by atoms with Crippen LogP contribution in [0.4, 0.5) is 17.1 Å². The number of nitro groups is 2. The summed E-state index contributed by atoms with van der Waals surface area (Å²) in [5, 5.41) is 24.7. The lowest BCUT2D eigenvalue weighted by Crippen LogP contribution is -2.15. The average Bonchev–Trinajstić information content (AvgIpc) is 2.91. The molecule has 0 bridgehead atoms. The lowest BCUT2D eigenvalue weighted by atomic mass is 10.2. The van der Waals surface area contributed by atoms with Gasteiger partial charge in [-0.25, -0.2) is 0 Å². The Labute approximate surface area is 227 Å². The Morgan fingerprint density at radius 1 is 0.718 bits per heavy atom. The Morgan fingerprint density at radius 2 is 1.18 bits per heavy atom. The predicted octanol–water partition coefficient (Wildman–Crippen LogP) is 2.36. The highest BCUT2D eigenvalue weighted by Crippen LogP contribution is 2.28. The lowest BCUT2D eigenvalue weighted by Gasteiger charge is -2.09. The highest BCUT2D eigenvalue weighted by molar-refractivity contribution is 5.69. The second-order valence-corrected chi connectivity index (χ2v) is 7.79. The van der Waals surface area contributed by atoms with Gasteiger partial charge in [0, 0.05) is 19.0 Å². The number of nitro benzene ring substituents is 2. The van der Waals surface area contributed by atoms with E-state index in [2.05, 4.69) is 5.32 Å². The third-order valence-corrected chi connectivity index (χ3v) is 4.76. The molecule has 0 heterocycles. The fraction of sp³-hybridized carbons (Fsp3) is 0.708. The zero-order valence-corrected chi connectivity index (χ0v) is 22.3. The summed E-state index contributed by atoms with van der Waals surface area (Å²) >= 11 is 0. The van der Waals surface area contributed by atoms with Crippen LogP contribution in [0.1, 0.15) is 19.8 Å². The number of non-ortho nitro benzene ring substituents is 1. The third kappa shape index (κ3) is 18.1. The van der Waals surface area contributed by atoms with E-state index in [1.54, 1.807) is 0 Å². The van der Waals surface area contributed by atoms with E-state index in [9.17, 15) is 25.0 Å². The predicted molar refractivity (Wildman–Crippen MR) is 139 cm³/mol. The number of hydrogen-bond acceptors (Lipinski definition) is 13. The second-order valence-electron chi connectivity index (χ2n) is 7.79. The minimum atomic E-state index is -0.684. The van der Waals surface area contributed by atoms with Gasteiger partial charge in [-0.05, 0) is 12.5 Å². The van der Waals surface area contributed by atoms with Crippen LogP contribution >= 0.6 is 0 Å². The Kier molecular flexibility index (Phi) is 20.1. The summed E-state index contributed by atoms with van der Waals surface area (Å²) in [6.45, 7) is 7.21. The molecule has 1 aromatic rings. The number of carbonyl (C=O) groups excluding carboxylic acids is 1. The largest absolute Gasteiger partial charge is 0.463 e. The van der Waals surface area contributed by atoms with Crippen LogP contribution < -0.4 is 5.32 Å². The molecule has 0 spiro atoms. The molecule has 1 rings (SSSR count). The van der Waals surface area contributed by atoms with E-state index in [0.29, 0.717) is 85.6 Å². The molecule has 0 aliphatic heterocycles. The number of nitrogens with one attached hydrogen (secondary N) is 1. The molecule has 0 aliphatic carbocycles. The molecule has 1 N–H and O–H groups in total. The van der Waals surface area contributed by atoms with Crippen molar-refractivity contribution in [2.45, 2.75) is 19.8 Å². The van der Waals surface area contributed by atoms with E-state index >= 15 is 0 Å². The molecule has 39 heavy (non-hydrogen) atoms. The number of nitrogens with zero attached hydrogens (tertiary/aromatic N) is 2. The van der Waals surface area contributed by atoms with Crippen molar-refractivity contribution in [3.8, 4) is 0 Å². The summed E-state index contributed by atoms with van der Waals surface area (Å²) in [6.07, 6.45) is 1.19. The first-order valence-electron chi connectivity index (χ1n) is 12.7. The monoisotopic (exact) mass is 561 g/mol. The van der Waals surface area contributed by atoms with E-state index < -0.39 is 9.85 Å². The normalized spacial score (nSPS) is 10.9. The first kappa shape index (κ1) is 34.1. The number of anilines is 1. The molecule has 15 nitrogen and oxygen atoms in total. The fourth-order valence-electron chi connectivity index (χ4n) is 2.88. The molecule has 0 radical (unpaired) electrons. The number of benzene rings is 1. The van der Waals surface area contributed by atoms with Gasteiger partial charge in [0.25, 0.3) is 11.4 Å². The Bertz CT molecular complexity index is 828. The van der Waals surface area contributed by atoms with Crippen molar-refractivity contribution in [1.29, 1.82) is 0 Å². The molecular weight excluding hydrogens is 522 g/mol. The van der Waals surface area contributed by atoms with Crippen molar-refractivity contribution in [1.82, 2.24) is 0 Å². The molecule has 0 atom stereocenters. The van der Waals surface area contributed by atoms with Gasteiger partial charge in [0.1, 0.15) is 12.3 Å². The van der Waals surface area contributed by atoms with Crippen molar-refractivity contribution in [2.24, 2.45) is 0 Å². The molecule has 0 unspecified atom stereocenters. The smallest absolute Gasteiger partial charge is 0.305 e. The van der Waals surface area contributed by atoms with Crippen LogP contribution in [0.2, 0.25) is 0 Å². The van der Waals surface area contributed by atoms with Gasteiger partial charge in [-0.15, -0.1) is 0 Å². The average molecular weight is 562 g/mol. The van der Waals surface area contributed by atoms with Gasteiger partial charge in [-0.1, -0.05) is 6.92 Å². The summed E-state index contributed by atoms with van der Waals surface area (Å²) in [6, 6.07) is 3.42. The second kappa shape index (κ2) is 23.0. The molecule has 0 aliphatic rings. The van der Waals surface area contributed by atoms with Crippen LogP contribution in [-0.2, 0) is 38.0 Å². The molecule has 0 saturated heterocycles. The van der Waals surface area contributed by atoms with E-state index in [1.807, 2.05) is 6.92 Å². The summed E-state index contributed by atoms with van der Waals surface area (Å²) in [7, 11) is 0. The van der Waals surface area contributed by atoms with Crippen LogP contribution in [0.15, 0.2) is 18.2 Å². The topological polar surface area (TPSA) is 180 Å². The number of ether oxygens (including phenoxy) is 7. The van der Waals surface area contributed by atoms with Crippen LogP contribution in [-0.4, -0.2) is 108 Å². The van der Waals surface area contributed by atoms with Gasteiger partial charge in [0.05, 0.1) is 95.2 Å². The van der Waals surface area contributed by atoms with Crippen LogP contribution in [0, 0.1) is 20.2 Å². The SMILES string of the molecule is CCCC(=O)OCCOCCOCCOCCOCCOCCOCCNc1ccc([N+](=O)[O-])cc1[N+](=O)[O-]. The third-order valence-electron chi connectivity index (χ3n) is 4.76. The summed E-state index contributed by atoms with van der Waals surface area (Å²) < 4.78 is 37.2. The molecule has 15 heteroatoms. The van der Waals surface area contributed by atoms with Gasteiger partial charge < -0.3 is 38.5 Å². The van der Waals surface area contributed by atoms with Gasteiger partial charge in [-0.3, -0.25) is 25.0 Å². The molecule has 0 fully saturated rings. The highest BCUT2D eigenvalue weighted by Gasteiger charge is 2.19. The summed E-state index contributed by atoms with van der Waals surface area (Å²) in [5.41, 5.74) is -0.529. The number of carbonyl (C=O) groups is 1. The van der Waals surface area contributed by atoms with Gasteiger partial charge >= 0.3 is 5.97 Å². The zero-order chi connectivity index (χ0) is 28.6. The number of hydrogen-bond donors (Lipinski definition) is 1. The van der Waals surface area contributed by atoms with Crippen molar-refractivity contribution < 1.29 is 47.8 Å². The lowest BCUT2D eigenvalue weighted by molar-refractivity contribution is -0.393. The molecular formula is C24H39N3O12. The van der Waals surface area contributed by atoms with Crippen LogP contribution in [0.5, 0.6) is 0 Å². The van der Waals surface area contributed by atoms with Crippen molar-refractivity contribution in [2.75, 3.05) is 97.8 Å². The van der Waals surface area contributed by atoms with E-state index in [0.717, 1.165) is 12.5 Å². The van der Waals surface area contributed by atoms with Gasteiger partial charge in [0.2, 0.25) is 0 Å². The maximum atomic E-state index is 11.2. The fourth-order valence-corrected chi connectivity index (χ4v) is 2.88. The quantitative estimate of drug-likeness (QED) is 0.0754. The number of rotatable bonds is 26. The highest BCUT2D eigenvalue weighted by atomic mass is 16.6. The first-order chi connectivity index (χ1) is 19.0. The maximum absolute atomic E-state index is 11.2. The minimum Gasteiger partial charge on any atom is -0.463 e. The van der Waals surface area contributed by atoms with Crippen LogP contribution in [0.3, 0.4) is 0 Å². The van der Waals surface area contributed by atoms with Gasteiger partial charge in [0.15, 0.2) is 0 Å². The maximum Gasteiger partial charge on any atom is 0.305 e. The summed E-state index contributed by atoms with van der Waals surface area (Å²) in [5.74, 6) is -0.208. The number of esters is 1. The zero-order valence-electron chi connectivity index (χ0n) is 22.3. The van der Waals surface area contributed by atoms with E-state index in [-0.39, 0.29) is 36.2 Å². The minimum absolute atomic E-state index is 0.184. The Morgan fingerprint density at radius 3 is 1.62 bits per heavy atom. The standard InChI is InChI=1S/C24H39N3O12/c1-2-3-24(28)39-19-18-38-17-16-37-15-14-36-13-12-35-11-10-34-9-8-33-7-6-25-22-5-4-21(26(29)30)20-23(22)27(31)32/h4-5,20,25H,2-3,6-19H2,1H3. The molecule has 0 amide bonds. The summed E-state index contributed by atoms with van der Waals surface area (Å²) in [4.78, 5) is 31.7. The first-order valence-corrected chi connectivity index (χ1v) is 12.7. The Balaban J connectivity index is 1.83. The van der Waals surface area contributed by atoms with Crippen molar-refractivity contribution in [3.05, 3.63) is 38.4 Å². The van der Waals surface area contributed by atoms with Crippen molar-refractivity contribution in [3.63, 3.8) is 0 Å². The molecule has 0 aromatic heterocycles. The molecule has 222 valence electrons. The molecule has 0 saturated carbocycles. The molecule has 1 aromatic carbocycles. The van der Waals surface area contributed by atoms with Crippen LogP contribution in [0.25, 0.3) is 0 Å². The van der Waals surface area contributed by atoms with Crippen molar-refractivity contribution >= 4 is 23.0 Å². The van der Waals surface area contributed by atoms with E-state index in [1.165, 1.54) is 12.1 Å². The van der Waals surface area contributed by atoms with Gasteiger partial charge in [-0.2, -0.15) is 0 Å². The van der Waals surface area contributed by atoms with E-state index in [4.69, 9.17) is 33.2 Å². The Hall–Kier alpha value is -2.95.